The molecule has 6 nitrogen and oxygen atoms in total. The van der Waals surface area contributed by atoms with E-state index in [-0.39, 0.29) is 17.7 Å². The van der Waals surface area contributed by atoms with Crippen LogP contribution in [0.15, 0.2) is 42.9 Å². The van der Waals surface area contributed by atoms with Crippen molar-refractivity contribution in [2.45, 2.75) is 13.8 Å². The number of hydrogen-bond acceptors (Lipinski definition) is 3. The van der Waals surface area contributed by atoms with Gasteiger partial charge in [0.15, 0.2) is 0 Å². The maximum atomic E-state index is 12.2. The lowest BCUT2D eigenvalue weighted by atomic mass is 10.2. The Morgan fingerprint density at radius 3 is 2.50 bits per heavy atom. The Hall–Kier alpha value is -2.63. The SMILES string of the molecule is CC(C)C(=O)NCCNC(=O)c1cncn1-c1ccccc1. The standard InChI is InChI=1S/C16H20N4O2/c1-12(2)15(21)18-8-9-19-16(22)14-10-17-11-20(14)13-6-4-3-5-7-13/h3-7,10-12H,8-9H2,1-2H3,(H,18,21)(H,19,22). The molecule has 6 heteroatoms. The van der Waals surface area contributed by atoms with Crippen LogP contribution in [0.4, 0.5) is 0 Å². The maximum Gasteiger partial charge on any atom is 0.269 e. The molecular weight excluding hydrogens is 280 g/mol. The van der Waals surface area contributed by atoms with Crippen LogP contribution >= 0.6 is 0 Å². The number of carbonyl (C=O) groups excluding carboxylic acids is 2. The van der Waals surface area contributed by atoms with Gasteiger partial charge in [-0.1, -0.05) is 32.0 Å². The Morgan fingerprint density at radius 1 is 1.14 bits per heavy atom. The average Bonchev–Trinajstić information content (AvgIpc) is 3.01. The van der Waals surface area contributed by atoms with E-state index in [1.54, 1.807) is 10.9 Å². The molecule has 1 aromatic carbocycles. The first-order valence-electron chi connectivity index (χ1n) is 7.23. The molecule has 0 bridgehead atoms. The van der Waals surface area contributed by atoms with Gasteiger partial charge in [-0.15, -0.1) is 0 Å². The van der Waals surface area contributed by atoms with Crippen LogP contribution in [0.3, 0.4) is 0 Å². The third-order valence-electron chi connectivity index (χ3n) is 3.14. The van der Waals surface area contributed by atoms with E-state index >= 15 is 0 Å². The van der Waals surface area contributed by atoms with E-state index in [4.69, 9.17) is 0 Å². The molecule has 0 atom stereocenters. The molecule has 2 N–H and O–H groups in total. The third-order valence-corrected chi connectivity index (χ3v) is 3.14. The largest absolute Gasteiger partial charge is 0.354 e. The highest BCUT2D eigenvalue weighted by Crippen LogP contribution is 2.10. The summed E-state index contributed by atoms with van der Waals surface area (Å²) in [6, 6.07) is 9.52. The summed E-state index contributed by atoms with van der Waals surface area (Å²) < 4.78 is 1.72. The van der Waals surface area contributed by atoms with Crippen LogP contribution in [0.5, 0.6) is 0 Å². The van der Waals surface area contributed by atoms with Gasteiger partial charge in [0.25, 0.3) is 5.91 Å². The van der Waals surface area contributed by atoms with Gasteiger partial charge in [-0.2, -0.15) is 0 Å². The van der Waals surface area contributed by atoms with Crippen LogP contribution < -0.4 is 10.6 Å². The normalized spacial score (nSPS) is 10.5. The molecule has 0 spiro atoms. The van der Waals surface area contributed by atoms with Crippen LogP contribution in [-0.2, 0) is 4.79 Å². The minimum absolute atomic E-state index is 0.0245. The summed E-state index contributed by atoms with van der Waals surface area (Å²) >= 11 is 0. The van der Waals surface area contributed by atoms with Crippen LogP contribution in [0.2, 0.25) is 0 Å². The second-order valence-corrected chi connectivity index (χ2v) is 5.19. The highest BCUT2D eigenvalue weighted by Gasteiger charge is 2.12. The Balaban J connectivity index is 1.92. The average molecular weight is 300 g/mol. The maximum absolute atomic E-state index is 12.2. The van der Waals surface area contributed by atoms with Crippen LogP contribution in [0.25, 0.3) is 5.69 Å². The van der Waals surface area contributed by atoms with Crippen molar-refractivity contribution in [3.05, 3.63) is 48.5 Å². The molecule has 2 rings (SSSR count). The molecule has 22 heavy (non-hydrogen) atoms. The number of benzene rings is 1. The molecule has 0 aliphatic rings. The molecule has 0 aliphatic carbocycles. The number of imidazole rings is 1. The zero-order chi connectivity index (χ0) is 15.9. The first-order valence-corrected chi connectivity index (χ1v) is 7.23. The van der Waals surface area contributed by atoms with Crippen molar-refractivity contribution >= 4 is 11.8 Å². The monoisotopic (exact) mass is 300 g/mol. The van der Waals surface area contributed by atoms with Crippen molar-refractivity contribution in [3.63, 3.8) is 0 Å². The lowest BCUT2D eigenvalue weighted by Crippen LogP contribution is -2.36. The lowest BCUT2D eigenvalue weighted by molar-refractivity contribution is -0.123. The van der Waals surface area contributed by atoms with E-state index < -0.39 is 0 Å². The molecule has 1 heterocycles. The molecule has 116 valence electrons. The van der Waals surface area contributed by atoms with Gasteiger partial charge in [-0.3, -0.25) is 14.2 Å². The summed E-state index contributed by atoms with van der Waals surface area (Å²) in [5.74, 6) is -0.307. The Kier molecular flexibility index (Phi) is 5.30. The molecule has 1 aromatic heterocycles. The summed E-state index contributed by atoms with van der Waals surface area (Å²) in [5, 5.41) is 5.53. The second-order valence-electron chi connectivity index (χ2n) is 5.19. The molecular formula is C16H20N4O2. The number of rotatable bonds is 6. The lowest BCUT2D eigenvalue weighted by Gasteiger charge is -2.10. The summed E-state index contributed by atoms with van der Waals surface area (Å²) in [7, 11) is 0. The molecule has 2 amide bonds. The number of hydrogen-bond donors (Lipinski definition) is 2. The molecule has 0 aliphatic heterocycles. The number of nitrogens with one attached hydrogen (secondary N) is 2. The van der Waals surface area contributed by atoms with Gasteiger partial charge in [-0.25, -0.2) is 4.98 Å². The smallest absolute Gasteiger partial charge is 0.269 e. The van der Waals surface area contributed by atoms with Crippen LogP contribution in [0.1, 0.15) is 24.3 Å². The predicted octanol–water partition coefficient (Wildman–Crippen LogP) is 1.37. The van der Waals surface area contributed by atoms with E-state index in [9.17, 15) is 9.59 Å². The number of aromatic nitrogens is 2. The molecule has 0 radical (unpaired) electrons. The molecule has 0 saturated heterocycles. The van der Waals surface area contributed by atoms with Gasteiger partial charge in [0, 0.05) is 24.7 Å². The topological polar surface area (TPSA) is 76.0 Å². The van der Waals surface area contributed by atoms with Crippen molar-refractivity contribution in [1.29, 1.82) is 0 Å². The molecule has 0 unspecified atom stereocenters. The first kappa shape index (κ1) is 15.8. The Morgan fingerprint density at radius 2 is 1.82 bits per heavy atom. The van der Waals surface area contributed by atoms with Crippen LogP contribution in [0, 0.1) is 5.92 Å². The molecule has 0 saturated carbocycles. The Bertz CT molecular complexity index is 635. The minimum Gasteiger partial charge on any atom is -0.354 e. The van der Waals surface area contributed by atoms with Crippen molar-refractivity contribution in [1.82, 2.24) is 20.2 Å². The first-order chi connectivity index (χ1) is 10.6. The summed E-state index contributed by atoms with van der Waals surface area (Å²) in [4.78, 5) is 27.6. The van der Waals surface area contributed by atoms with Gasteiger partial charge in [-0.05, 0) is 12.1 Å². The van der Waals surface area contributed by atoms with Crippen molar-refractivity contribution < 1.29 is 9.59 Å². The zero-order valence-corrected chi connectivity index (χ0v) is 12.7. The van der Waals surface area contributed by atoms with Crippen molar-refractivity contribution in [3.8, 4) is 5.69 Å². The predicted molar refractivity (Wildman–Crippen MR) is 83.7 cm³/mol. The van der Waals surface area contributed by atoms with E-state index in [0.29, 0.717) is 18.8 Å². The van der Waals surface area contributed by atoms with Gasteiger partial charge in [0.2, 0.25) is 5.91 Å². The minimum atomic E-state index is -0.222. The van der Waals surface area contributed by atoms with Gasteiger partial charge in [0.1, 0.15) is 5.69 Å². The quantitative estimate of drug-likeness (QED) is 0.791. The summed E-state index contributed by atoms with van der Waals surface area (Å²) in [6.07, 6.45) is 3.12. The highest BCUT2D eigenvalue weighted by molar-refractivity contribution is 5.93. The Labute approximate surface area is 129 Å². The second kappa shape index (κ2) is 7.40. The van der Waals surface area contributed by atoms with E-state index in [2.05, 4.69) is 15.6 Å². The summed E-state index contributed by atoms with van der Waals surface area (Å²) in [6.45, 7) is 4.43. The van der Waals surface area contributed by atoms with Crippen molar-refractivity contribution in [2.24, 2.45) is 5.92 Å². The summed E-state index contributed by atoms with van der Waals surface area (Å²) in [5.41, 5.74) is 1.33. The highest BCUT2D eigenvalue weighted by atomic mass is 16.2. The van der Waals surface area contributed by atoms with E-state index in [1.165, 1.54) is 6.20 Å². The van der Waals surface area contributed by atoms with Crippen molar-refractivity contribution in [2.75, 3.05) is 13.1 Å². The fourth-order valence-electron chi connectivity index (χ4n) is 1.91. The van der Waals surface area contributed by atoms with E-state index in [1.807, 2.05) is 44.2 Å². The molecule has 2 aromatic rings. The number of amides is 2. The number of nitrogens with zero attached hydrogens (tertiary/aromatic N) is 2. The van der Waals surface area contributed by atoms with E-state index in [0.717, 1.165) is 5.69 Å². The number of carbonyl (C=O) groups is 2. The molecule has 0 fully saturated rings. The van der Waals surface area contributed by atoms with Crippen LogP contribution in [-0.4, -0.2) is 34.5 Å². The number of para-hydroxylation sites is 1. The zero-order valence-electron chi connectivity index (χ0n) is 12.7. The van der Waals surface area contributed by atoms with Gasteiger partial charge in [0.05, 0.1) is 12.5 Å². The van der Waals surface area contributed by atoms with Gasteiger partial charge < -0.3 is 10.6 Å². The fourth-order valence-corrected chi connectivity index (χ4v) is 1.91. The third kappa shape index (κ3) is 3.94. The fraction of sp³-hybridized carbons (Fsp3) is 0.312. The van der Waals surface area contributed by atoms with Gasteiger partial charge >= 0.3 is 0 Å².